The van der Waals surface area contributed by atoms with Crippen LogP contribution in [-0.2, 0) is 9.53 Å². The number of hydrogen-bond acceptors (Lipinski definition) is 4. The number of carboxylic acids is 1. The minimum absolute atomic E-state index is 0.00530. The number of carbonyl (C=O) groups is 2. The number of amides is 1. The van der Waals surface area contributed by atoms with Crippen molar-refractivity contribution in [2.45, 2.75) is 12.6 Å². The van der Waals surface area contributed by atoms with Gasteiger partial charge >= 0.3 is 12.1 Å². The van der Waals surface area contributed by atoms with E-state index in [0.717, 1.165) is 6.07 Å². The van der Waals surface area contributed by atoms with Crippen molar-refractivity contribution in [3.8, 4) is 0 Å². The molecule has 1 aromatic heterocycles. The zero-order valence-corrected chi connectivity index (χ0v) is 10.1. The van der Waals surface area contributed by atoms with E-state index in [4.69, 9.17) is 5.11 Å². The third-order valence-electron chi connectivity index (χ3n) is 2.01. The number of halogens is 3. The second-order valence-corrected chi connectivity index (χ2v) is 3.70. The molecule has 0 aromatic carbocycles. The highest BCUT2D eigenvalue weighted by Gasteiger charge is 2.27. The van der Waals surface area contributed by atoms with Crippen LogP contribution in [0.3, 0.4) is 0 Å². The Kier molecular flexibility index (Phi) is 5.44. The lowest BCUT2D eigenvalue weighted by Crippen LogP contribution is -2.20. The van der Waals surface area contributed by atoms with E-state index in [2.05, 4.69) is 15.0 Å². The lowest BCUT2D eigenvalue weighted by atomic mass is 10.2. The first-order valence-corrected chi connectivity index (χ1v) is 5.41. The third-order valence-corrected chi connectivity index (χ3v) is 2.01. The SMILES string of the molecule is O=C(CCOCC(F)(F)F)Nc1cc(C(=O)O)ccn1. The van der Waals surface area contributed by atoms with Crippen LogP contribution >= 0.6 is 0 Å². The molecule has 1 rings (SSSR count). The molecule has 0 atom stereocenters. The maximum atomic E-state index is 11.8. The topological polar surface area (TPSA) is 88.5 Å². The van der Waals surface area contributed by atoms with Gasteiger partial charge in [0.05, 0.1) is 18.6 Å². The first-order valence-electron chi connectivity index (χ1n) is 5.41. The number of aromatic nitrogens is 1. The van der Waals surface area contributed by atoms with Crippen molar-refractivity contribution in [3.05, 3.63) is 23.9 Å². The fourth-order valence-electron chi connectivity index (χ4n) is 1.19. The van der Waals surface area contributed by atoms with Crippen molar-refractivity contribution >= 4 is 17.7 Å². The molecule has 0 aliphatic rings. The second-order valence-electron chi connectivity index (χ2n) is 3.70. The van der Waals surface area contributed by atoms with Crippen LogP contribution in [0.4, 0.5) is 19.0 Å². The summed E-state index contributed by atoms with van der Waals surface area (Å²) < 4.78 is 39.5. The molecular formula is C11H11F3N2O4. The zero-order valence-electron chi connectivity index (χ0n) is 10.1. The number of hydrogen-bond donors (Lipinski definition) is 2. The van der Waals surface area contributed by atoms with Gasteiger partial charge in [-0.25, -0.2) is 9.78 Å². The van der Waals surface area contributed by atoms with E-state index >= 15 is 0 Å². The van der Waals surface area contributed by atoms with Crippen molar-refractivity contribution in [2.24, 2.45) is 0 Å². The summed E-state index contributed by atoms with van der Waals surface area (Å²) in [5.74, 6) is -1.80. The van der Waals surface area contributed by atoms with Gasteiger partial charge in [0.15, 0.2) is 0 Å². The van der Waals surface area contributed by atoms with E-state index in [1.165, 1.54) is 12.3 Å². The molecule has 0 aliphatic carbocycles. The Morgan fingerprint density at radius 2 is 2.10 bits per heavy atom. The summed E-state index contributed by atoms with van der Waals surface area (Å²) >= 11 is 0. The Balaban J connectivity index is 2.39. The smallest absolute Gasteiger partial charge is 0.411 e. The number of nitrogens with zero attached hydrogens (tertiary/aromatic N) is 1. The number of anilines is 1. The molecule has 110 valence electrons. The first-order chi connectivity index (χ1) is 9.28. The Labute approximate surface area is 111 Å². The Bertz CT molecular complexity index is 491. The molecule has 1 aromatic rings. The molecule has 1 amide bonds. The Morgan fingerprint density at radius 1 is 1.40 bits per heavy atom. The molecule has 0 saturated carbocycles. The lowest BCUT2D eigenvalue weighted by Gasteiger charge is -2.08. The highest BCUT2D eigenvalue weighted by Crippen LogP contribution is 2.14. The van der Waals surface area contributed by atoms with Crippen LogP contribution in [0.5, 0.6) is 0 Å². The van der Waals surface area contributed by atoms with Gasteiger partial charge < -0.3 is 15.2 Å². The number of ether oxygens (including phenoxy) is 1. The maximum Gasteiger partial charge on any atom is 0.411 e. The van der Waals surface area contributed by atoms with Crippen molar-refractivity contribution in [2.75, 3.05) is 18.5 Å². The summed E-state index contributed by atoms with van der Waals surface area (Å²) in [5, 5.41) is 11.0. The summed E-state index contributed by atoms with van der Waals surface area (Å²) in [6.07, 6.45) is -3.54. The quantitative estimate of drug-likeness (QED) is 0.779. The molecule has 20 heavy (non-hydrogen) atoms. The van der Waals surface area contributed by atoms with Gasteiger partial charge in [-0.3, -0.25) is 4.79 Å². The summed E-state index contributed by atoms with van der Waals surface area (Å²) in [6, 6.07) is 2.38. The van der Waals surface area contributed by atoms with E-state index in [9.17, 15) is 22.8 Å². The molecule has 0 radical (unpaired) electrons. The molecule has 0 aliphatic heterocycles. The van der Waals surface area contributed by atoms with Crippen LogP contribution in [0.2, 0.25) is 0 Å². The van der Waals surface area contributed by atoms with Crippen LogP contribution in [0, 0.1) is 0 Å². The van der Waals surface area contributed by atoms with E-state index in [-0.39, 0.29) is 17.8 Å². The predicted molar refractivity (Wildman–Crippen MR) is 61.3 cm³/mol. The predicted octanol–water partition coefficient (Wildman–Crippen LogP) is 1.69. The Morgan fingerprint density at radius 3 is 2.70 bits per heavy atom. The summed E-state index contributed by atoms with van der Waals surface area (Å²) in [5.41, 5.74) is -0.0661. The van der Waals surface area contributed by atoms with Gasteiger partial charge in [0.2, 0.25) is 5.91 Å². The maximum absolute atomic E-state index is 11.8. The van der Waals surface area contributed by atoms with Crippen LogP contribution in [0.1, 0.15) is 16.8 Å². The number of pyridine rings is 1. The van der Waals surface area contributed by atoms with Crippen molar-refractivity contribution in [1.82, 2.24) is 4.98 Å². The molecule has 1 heterocycles. The van der Waals surface area contributed by atoms with Gasteiger partial charge in [-0.1, -0.05) is 0 Å². The zero-order chi connectivity index (χ0) is 15.2. The minimum Gasteiger partial charge on any atom is -0.478 e. The number of carboxylic acid groups (broad SMARTS) is 1. The molecule has 0 saturated heterocycles. The van der Waals surface area contributed by atoms with Gasteiger partial charge in [0.25, 0.3) is 0 Å². The largest absolute Gasteiger partial charge is 0.478 e. The highest BCUT2D eigenvalue weighted by molar-refractivity contribution is 5.92. The molecule has 9 heteroatoms. The fourth-order valence-corrected chi connectivity index (χ4v) is 1.19. The standard InChI is InChI=1S/C11H11F3N2O4/c12-11(13,14)6-20-4-2-9(17)16-8-5-7(10(18)19)1-3-15-8/h1,3,5H,2,4,6H2,(H,18,19)(H,15,16,17). The van der Waals surface area contributed by atoms with E-state index in [1.807, 2.05) is 0 Å². The number of rotatable bonds is 6. The average molecular weight is 292 g/mol. The van der Waals surface area contributed by atoms with Crippen LogP contribution < -0.4 is 5.32 Å². The third kappa shape index (κ3) is 6.14. The Hall–Kier alpha value is -2.16. The van der Waals surface area contributed by atoms with Gasteiger partial charge in [-0.2, -0.15) is 13.2 Å². The number of aromatic carboxylic acids is 1. The molecule has 0 fully saturated rings. The van der Waals surface area contributed by atoms with Gasteiger partial charge in [0, 0.05) is 6.20 Å². The van der Waals surface area contributed by atoms with Crippen molar-refractivity contribution < 1.29 is 32.6 Å². The summed E-state index contributed by atoms with van der Waals surface area (Å²) in [4.78, 5) is 25.7. The molecular weight excluding hydrogens is 281 g/mol. The highest BCUT2D eigenvalue weighted by atomic mass is 19.4. The second kappa shape index (κ2) is 6.85. The molecule has 0 unspecified atom stereocenters. The number of carbonyl (C=O) groups excluding carboxylic acids is 1. The van der Waals surface area contributed by atoms with E-state index in [0.29, 0.717) is 0 Å². The minimum atomic E-state index is -4.44. The van der Waals surface area contributed by atoms with Crippen LogP contribution in [-0.4, -0.2) is 41.4 Å². The molecule has 6 nitrogen and oxygen atoms in total. The van der Waals surface area contributed by atoms with Gasteiger partial charge in [-0.05, 0) is 12.1 Å². The average Bonchev–Trinajstić information content (AvgIpc) is 2.34. The fraction of sp³-hybridized carbons (Fsp3) is 0.364. The van der Waals surface area contributed by atoms with E-state index in [1.54, 1.807) is 0 Å². The lowest BCUT2D eigenvalue weighted by molar-refractivity contribution is -0.174. The molecule has 0 bridgehead atoms. The van der Waals surface area contributed by atoms with E-state index < -0.39 is 31.3 Å². The monoisotopic (exact) mass is 292 g/mol. The summed E-state index contributed by atoms with van der Waals surface area (Å²) in [6.45, 7) is -1.82. The summed E-state index contributed by atoms with van der Waals surface area (Å²) in [7, 11) is 0. The molecule has 2 N–H and O–H groups in total. The number of alkyl halides is 3. The molecule has 0 spiro atoms. The number of nitrogens with one attached hydrogen (secondary N) is 1. The van der Waals surface area contributed by atoms with Gasteiger partial charge in [0.1, 0.15) is 12.4 Å². The normalized spacial score (nSPS) is 11.2. The van der Waals surface area contributed by atoms with Crippen LogP contribution in [0.15, 0.2) is 18.3 Å². The first kappa shape index (κ1) is 15.9. The van der Waals surface area contributed by atoms with Crippen molar-refractivity contribution in [1.29, 1.82) is 0 Å². The van der Waals surface area contributed by atoms with Crippen molar-refractivity contribution in [3.63, 3.8) is 0 Å². The van der Waals surface area contributed by atoms with Gasteiger partial charge in [-0.15, -0.1) is 0 Å². The van der Waals surface area contributed by atoms with Crippen LogP contribution in [0.25, 0.3) is 0 Å².